The zero-order valence-corrected chi connectivity index (χ0v) is 12.9. The number of ether oxygens (including phenoxy) is 1. The molecular formula is C18H23NO. The van der Waals surface area contributed by atoms with Gasteiger partial charge in [0.1, 0.15) is 5.75 Å². The molecule has 0 aromatic heterocycles. The lowest BCUT2D eigenvalue weighted by Crippen LogP contribution is -2.19. The van der Waals surface area contributed by atoms with Crippen molar-refractivity contribution in [2.24, 2.45) is 0 Å². The van der Waals surface area contributed by atoms with Crippen LogP contribution in [0.2, 0.25) is 0 Å². The molecule has 0 fully saturated rings. The lowest BCUT2D eigenvalue weighted by atomic mass is 9.94. The Balaban J connectivity index is 2.52. The average Bonchev–Trinajstić information content (AvgIpc) is 2.45. The van der Waals surface area contributed by atoms with E-state index >= 15 is 0 Å². The fourth-order valence-electron chi connectivity index (χ4n) is 2.57. The van der Waals surface area contributed by atoms with Gasteiger partial charge < -0.3 is 10.1 Å². The number of aryl methyl sites for hydroxylation is 2. The Morgan fingerprint density at radius 1 is 0.950 bits per heavy atom. The number of methoxy groups -OCH3 is 1. The minimum atomic E-state index is 0.143. The van der Waals surface area contributed by atoms with E-state index in [-0.39, 0.29) is 6.04 Å². The van der Waals surface area contributed by atoms with Gasteiger partial charge in [0, 0.05) is 5.56 Å². The first-order chi connectivity index (χ1) is 9.58. The Bertz CT molecular complexity index is 587. The molecule has 1 atom stereocenters. The molecule has 1 unspecified atom stereocenters. The molecule has 2 nitrogen and oxygen atoms in total. The summed E-state index contributed by atoms with van der Waals surface area (Å²) in [5.41, 5.74) is 6.17. The third kappa shape index (κ3) is 2.70. The van der Waals surface area contributed by atoms with E-state index in [2.05, 4.69) is 62.5 Å². The van der Waals surface area contributed by atoms with Crippen molar-refractivity contribution in [2.75, 3.05) is 14.2 Å². The molecule has 20 heavy (non-hydrogen) atoms. The second-order valence-corrected chi connectivity index (χ2v) is 5.26. The van der Waals surface area contributed by atoms with Crippen molar-refractivity contribution >= 4 is 0 Å². The van der Waals surface area contributed by atoms with Crippen LogP contribution in [0.4, 0.5) is 0 Å². The van der Waals surface area contributed by atoms with E-state index in [9.17, 15) is 0 Å². The predicted molar refractivity (Wildman–Crippen MR) is 84.5 cm³/mol. The zero-order chi connectivity index (χ0) is 14.7. The standard InChI is InChI=1S/C18H23NO/c1-12-6-9-15(10-7-12)17(19-4)16-11-8-13(2)14(3)18(16)20-5/h6-11,17,19H,1-5H3. The largest absolute Gasteiger partial charge is 0.496 e. The highest BCUT2D eigenvalue weighted by Crippen LogP contribution is 2.34. The van der Waals surface area contributed by atoms with E-state index in [4.69, 9.17) is 4.74 Å². The van der Waals surface area contributed by atoms with Gasteiger partial charge in [-0.2, -0.15) is 0 Å². The van der Waals surface area contributed by atoms with Gasteiger partial charge in [0.25, 0.3) is 0 Å². The fraction of sp³-hybridized carbons (Fsp3) is 0.333. The summed E-state index contributed by atoms with van der Waals surface area (Å²) in [7, 11) is 3.73. The molecule has 106 valence electrons. The van der Waals surface area contributed by atoms with E-state index in [1.165, 1.54) is 27.8 Å². The van der Waals surface area contributed by atoms with Crippen molar-refractivity contribution in [1.82, 2.24) is 5.32 Å². The van der Waals surface area contributed by atoms with Crippen molar-refractivity contribution in [3.63, 3.8) is 0 Å². The van der Waals surface area contributed by atoms with Gasteiger partial charge in [0.2, 0.25) is 0 Å². The molecule has 0 radical (unpaired) electrons. The fourth-order valence-corrected chi connectivity index (χ4v) is 2.57. The smallest absolute Gasteiger partial charge is 0.127 e. The molecule has 0 aliphatic carbocycles. The van der Waals surface area contributed by atoms with Crippen LogP contribution in [0, 0.1) is 20.8 Å². The van der Waals surface area contributed by atoms with Gasteiger partial charge >= 0.3 is 0 Å². The van der Waals surface area contributed by atoms with Crippen LogP contribution < -0.4 is 10.1 Å². The van der Waals surface area contributed by atoms with Gasteiger partial charge in [0.15, 0.2) is 0 Å². The van der Waals surface area contributed by atoms with Gasteiger partial charge in [-0.05, 0) is 44.5 Å². The molecule has 0 aliphatic rings. The second-order valence-electron chi connectivity index (χ2n) is 5.26. The van der Waals surface area contributed by atoms with E-state index < -0.39 is 0 Å². The third-order valence-electron chi connectivity index (χ3n) is 3.92. The molecule has 0 amide bonds. The summed E-state index contributed by atoms with van der Waals surface area (Å²) in [6.45, 7) is 6.33. The van der Waals surface area contributed by atoms with E-state index in [0.717, 1.165) is 5.75 Å². The molecule has 0 bridgehead atoms. The van der Waals surface area contributed by atoms with Gasteiger partial charge in [-0.3, -0.25) is 0 Å². The average molecular weight is 269 g/mol. The van der Waals surface area contributed by atoms with Crippen LogP contribution in [-0.2, 0) is 0 Å². The number of benzene rings is 2. The maximum atomic E-state index is 5.64. The Morgan fingerprint density at radius 2 is 1.60 bits per heavy atom. The minimum Gasteiger partial charge on any atom is -0.496 e. The highest BCUT2D eigenvalue weighted by molar-refractivity contribution is 5.49. The van der Waals surface area contributed by atoms with Crippen LogP contribution >= 0.6 is 0 Å². The highest BCUT2D eigenvalue weighted by Gasteiger charge is 2.18. The first-order valence-corrected chi connectivity index (χ1v) is 6.96. The summed E-state index contributed by atoms with van der Waals surface area (Å²) in [5.74, 6) is 0.977. The SMILES string of the molecule is CNC(c1ccc(C)cc1)c1ccc(C)c(C)c1OC. The van der Waals surface area contributed by atoms with Crippen LogP contribution in [0.3, 0.4) is 0 Å². The Morgan fingerprint density at radius 3 is 2.15 bits per heavy atom. The van der Waals surface area contributed by atoms with E-state index in [1.807, 2.05) is 7.05 Å². The summed E-state index contributed by atoms with van der Waals surface area (Å²) in [6, 6.07) is 13.1. The van der Waals surface area contributed by atoms with Crippen LogP contribution in [0.25, 0.3) is 0 Å². The summed E-state index contributed by atoms with van der Waals surface area (Å²) < 4.78 is 5.64. The van der Waals surface area contributed by atoms with Crippen LogP contribution in [0.15, 0.2) is 36.4 Å². The van der Waals surface area contributed by atoms with Gasteiger partial charge in [-0.15, -0.1) is 0 Å². The first kappa shape index (κ1) is 14.6. The Kier molecular flexibility index (Phi) is 4.46. The van der Waals surface area contributed by atoms with Gasteiger partial charge in [-0.25, -0.2) is 0 Å². The predicted octanol–water partition coefficient (Wildman–Crippen LogP) is 3.93. The normalized spacial score (nSPS) is 12.2. The van der Waals surface area contributed by atoms with Gasteiger partial charge in [0.05, 0.1) is 13.2 Å². The summed E-state index contributed by atoms with van der Waals surface area (Å²) in [5, 5.41) is 3.40. The molecule has 2 heteroatoms. The lowest BCUT2D eigenvalue weighted by Gasteiger charge is -2.22. The molecule has 0 aliphatic heterocycles. The lowest BCUT2D eigenvalue weighted by molar-refractivity contribution is 0.402. The maximum Gasteiger partial charge on any atom is 0.127 e. The van der Waals surface area contributed by atoms with Crippen LogP contribution in [0.5, 0.6) is 5.75 Å². The van der Waals surface area contributed by atoms with Crippen molar-refractivity contribution in [3.8, 4) is 5.75 Å². The number of hydrogen-bond donors (Lipinski definition) is 1. The van der Waals surface area contributed by atoms with E-state index in [1.54, 1.807) is 7.11 Å². The molecule has 2 aromatic carbocycles. The van der Waals surface area contributed by atoms with Crippen LogP contribution in [-0.4, -0.2) is 14.2 Å². The molecule has 0 spiro atoms. The molecule has 2 aromatic rings. The van der Waals surface area contributed by atoms with Gasteiger partial charge in [-0.1, -0.05) is 42.0 Å². The van der Waals surface area contributed by atoms with E-state index in [0.29, 0.717) is 0 Å². The monoisotopic (exact) mass is 269 g/mol. The molecular weight excluding hydrogens is 246 g/mol. The number of nitrogens with one attached hydrogen (secondary N) is 1. The summed E-state index contributed by atoms with van der Waals surface area (Å²) >= 11 is 0. The topological polar surface area (TPSA) is 21.3 Å². The van der Waals surface area contributed by atoms with Crippen molar-refractivity contribution < 1.29 is 4.74 Å². The molecule has 1 N–H and O–H groups in total. The molecule has 0 saturated carbocycles. The Labute approximate surface area is 121 Å². The summed E-state index contributed by atoms with van der Waals surface area (Å²) in [6.07, 6.45) is 0. The second kappa shape index (κ2) is 6.10. The van der Waals surface area contributed by atoms with Crippen molar-refractivity contribution in [2.45, 2.75) is 26.8 Å². The molecule has 0 heterocycles. The molecule has 2 rings (SSSR count). The van der Waals surface area contributed by atoms with Crippen molar-refractivity contribution in [1.29, 1.82) is 0 Å². The third-order valence-corrected chi connectivity index (χ3v) is 3.92. The maximum absolute atomic E-state index is 5.64. The minimum absolute atomic E-state index is 0.143. The highest BCUT2D eigenvalue weighted by atomic mass is 16.5. The zero-order valence-electron chi connectivity index (χ0n) is 12.9. The summed E-state index contributed by atoms with van der Waals surface area (Å²) in [4.78, 5) is 0. The quantitative estimate of drug-likeness (QED) is 0.908. The number of rotatable bonds is 4. The van der Waals surface area contributed by atoms with Crippen LogP contribution in [0.1, 0.15) is 33.9 Å². The first-order valence-electron chi connectivity index (χ1n) is 6.96. The number of hydrogen-bond acceptors (Lipinski definition) is 2. The van der Waals surface area contributed by atoms with Crippen molar-refractivity contribution in [3.05, 3.63) is 64.2 Å². The molecule has 0 saturated heterocycles. The Hall–Kier alpha value is -1.80.